The zero-order valence-corrected chi connectivity index (χ0v) is 15.6. The van der Waals surface area contributed by atoms with Crippen LogP contribution in [0, 0.1) is 10.1 Å². The standard InChI is InChI=1S/C19H15ClN2O4S/c20-16-12-13(22(24)25)6-7-15(16)17-8-9-18(26-17)19(23)21-10-11-27-14-4-2-1-3-5-14/h1-9,12H,10-11H2,(H,21,23). The van der Waals surface area contributed by atoms with Crippen molar-refractivity contribution in [2.75, 3.05) is 12.3 Å². The summed E-state index contributed by atoms with van der Waals surface area (Å²) >= 11 is 7.74. The van der Waals surface area contributed by atoms with Crippen molar-refractivity contribution in [3.05, 3.63) is 81.6 Å². The van der Waals surface area contributed by atoms with E-state index >= 15 is 0 Å². The summed E-state index contributed by atoms with van der Waals surface area (Å²) in [6, 6.07) is 17.2. The van der Waals surface area contributed by atoms with E-state index in [1.54, 1.807) is 23.9 Å². The zero-order chi connectivity index (χ0) is 19.2. The SMILES string of the molecule is O=C(NCCSc1ccccc1)c1ccc(-c2ccc([N+](=O)[O-])cc2Cl)o1. The number of non-ortho nitro benzene ring substituents is 1. The number of amides is 1. The number of hydrogen-bond donors (Lipinski definition) is 1. The summed E-state index contributed by atoms with van der Waals surface area (Å²) in [5.74, 6) is 0.938. The summed E-state index contributed by atoms with van der Waals surface area (Å²) < 4.78 is 5.55. The van der Waals surface area contributed by atoms with Crippen LogP contribution in [0.1, 0.15) is 10.6 Å². The quantitative estimate of drug-likeness (QED) is 0.259. The molecule has 1 N–H and O–H groups in total. The number of carbonyl (C=O) groups excluding carboxylic acids is 1. The molecule has 1 heterocycles. The van der Waals surface area contributed by atoms with Crippen LogP contribution < -0.4 is 5.32 Å². The second-order valence-electron chi connectivity index (χ2n) is 5.50. The molecule has 138 valence electrons. The number of nitrogens with one attached hydrogen (secondary N) is 1. The van der Waals surface area contributed by atoms with Gasteiger partial charge in [0.2, 0.25) is 0 Å². The van der Waals surface area contributed by atoms with Gasteiger partial charge in [-0.3, -0.25) is 14.9 Å². The van der Waals surface area contributed by atoms with E-state index in [9.17, 15) is 14.9 Å². The van der Waals surface area contributed by atoms with Crippen molar-refractivity contribution < 1.29 is 14.1 Å². The lowest BCUT2D eigenvalue weighted by Crippen LogP contribution is -2.25. The van der Waals surface area contributed by atoms with Gasteiger partial charge in [-0.2, -0.15) is 0 Å². The molecule has 6 nitrogen and oxygen atoms in total. The molecule has 3 aromatic rings. The van der Waals surface area contributed by atoms with Gasteiger partial charge < -0.3 is 9.73 Å². The van der Waals surface area contributed by atoms with E-state index in [0.29, 0.717) is 17.9 Å². The van der Waals surface area contributed by atoms with Gasteiger partial charge in [0.15, 0.2) is 5.76 Å². The number of nitro benzene ring substituents is 1. The Hall–Kier alpha value is -2.77. The summed E-state index contributed by atoms with van der Waals surface area (Å²) in [6.45, 7) is 0.493. The minimum atomic E-state index is -0.524. The Labute approximate surface area is 164 Å². The lowest BCUT2D eigenvalue weighted by molar-refractivity contribution is -0.384. The van der Waals surface area contributed by atoms with Crippen LogP contribution in [-0.2, 0) is 0 Å². The van der Waals surface area contributed by atoms with Gasteiger partial charge in [-0.1, -0.05) is 29.8 Å². The molecule has 0 spiro atoms. The molecule has 1 aromatic heterocycles. The number of benzene rings is 2. The van der Waals surface area contributed by atoms with Gasteiger partial charge in [-0.05, 0) is 30.3 Å². The molecule has 0 saturated heterocycles. The van der Waals surface area contributed by atoms with Gasteiger partial charge in [-0.25, -0.2) is 0 Å². The normalized spacial score (nSPS) is 10.6. The van der Waals surface area contributed by atoms with E-state index in [1.807, 2.05) is 30.3 Å². The smallest absolute Gasteiger partial charge is 0.287 e. The number of carbonyl (C=O) groups is 1. The molecule has 2 aromatic carbocycles. The van der Waals surface area contributed by atoms with Gasteiger partial charge in [-0.15, -0.1) is 11.8 Å². The highest BCUT2D eigenvalue weighted by molar-refractivity contribution is 7.99. The van der Waals surface area contributed by atoms with Crippen LogP contribution in [0.2, 0.25) is 5.02 Å². The fourth-order valence-electron chi connectivity index (χ4n) is 2.36. The van der Waals surface area contributed by atoms with Gasteiger partial charge in [0.25, 0.3) is 11.6 Å². The van der Waals surface area contributed by atoms with Crippen LogP contribution in [-0.4, -0.2) is 23.1 Å². The highest BCUT2D eigenvalue weighted by atomic mass is 35.5. The molecule has 0 radical (unpaired) electrons. The third kappa shape index (κ3) is 4.90. The molecule has 0 fully saturated rings. The Morgan fingerprint density at radius 2 is 1.93 bits per heavy atom. The van der Waals surface area contributed by atoms with E-state index < -0.39 is 4.92 Å². The lowest BCUT2D eigenvalue weighted by atomic mass is 10.1. The molecule has 0 unspecified atom stereocenters. The second-order valence-corrected chi connectivity index (χ2v) is 7.08. The number of nitro groups is 1. The molecule has 0 aliphatic rings. The summed E-state index contributed by atoms with van der Waals surface area (Å²) in [5.41, 5.74) is 0.380. The molecule has 0 atom stereocenters. The highest BCUT2D eigenvalue weighted by Crippen LogP contribution is 2.32. The summed E-state index contributed by atoms with van der Waals surface area (Å²) in [4.78, 5) is 23.6. The number of thioether (sulfide) groups is 1. The molecule has 0 aliphatic heterocycles. The van der Waals surface area contributed by atoms with Crippen molar-refractivity contribution in [3.8, 4) is 11.3 Å². The van der Waals surface area contributed by atoms with Gasteiger partial charge in [0.05, 0.1) is 9.95 Å². The van der Waals surface area contributed by atoms with Gasteiger partial charge in [0.1, 0.15) is 5.76 Å². The van der Waals surface area contributed by atoms with E-state index in [1.165, 1.54) is 18.2 Å². The Morgan fingerprint density at radius 1 is 1.15 bits per heavy atom. The van der Waals surface area contributed by atoms with Crippen LogP contribution in [0.5, 0.6) is 0 Å². The summed E-state index contributed by atoms with van der Waals surface area (Å²) in [7, 11) is 0. The summed E-state index contributed by atoms with van der Waals surface area (Å²) in [5, 5.41) is 13.8. The van der Waals surface area contributed by atoms with E-state index in [4.69, 9.17) is 16.0 Å². The average molecular weight is 403 g/mol. The van der Waals surface area contributed by atoms with Crippen LogP contribution in [0.15, 0.2) is 70.0 Å². The minimum absolute atomic E-state index is 0.107. The van der Waals surface area contributed by atoms with Gasteiger partial charge in [0, 0.05) is 34.9 Å². The monoisotopic (exact) mass is 402 g/mol. The maximum absolute atomic E-state index is 12.2. The first-order valence-corrected chi connectivity index (χ1v) is 9.41. The van der Waals surface area contributed by atoms with Crippen molar-refractivity contribution in [3.63, 3.8) is 0 Å². The predicted molar refractivity (Wildman–Crippen MR) is 105 cm³/mol. The Kier molecular flexibility index (Phi) is 6.16. The van der Waals surface area contributed by atoms with Crippen LogP contribution >= 0.6 is 23.4 Å². The fraction of sp³-hybridized carbons (Fsp3) is 0.105. The Morgan fingerprint density at radius 3 is 2.63 bits per heavy atom. The molecule has 0 bridgehead atoms. The van der Waals surface area contributed by atoms with E-state index in [2.05, 4.69) is 5.32 Å². The first-order valence-electron chi connectivity index (χ1n) is 8.05. The fourth-order valence-corrected chi connectivity index (χ4v) is 3.42. The largest absolute Gasteiger partial charge is 0.451 e. The first-order chi connectivity index (χ1) is 13.0. The number of halogens is 1. The van der Waals surface area contributed by atoms with Gasteiger partial charge >= 0.3 is 0 Å². The topological polar surface area (TPSA) is 85.4 Å². The second kappa shape index (κ2) is 8.75. The average Bonchev–Trinajstić information content (AvgIpc) is 3.15. The predicted octanol–water partition coefficient (Wildman–Crippen LogP) is 5.03. The summed E-state index contributed by atoms with van der Waals surface area (Å²) in [6.07, 6.45) is 0. The molecule has 3 rings (SSSR count). The molecule has 0 saturated carbocycles. The van der Waals surface area contributed by atoms with Crippen LogP contribution in [0.4, 0.5) is 5.69 Å². The van der Waals surface area contributed by atoms with E-state index in [-0.39, 0.29) is 22.4 Å². The molecule has 27 heavy (non-hydrogen) atoms. The Balaban J connectivity index is 1.58. The third-order valence-electron chi connectivity index (χ3n) is 3.66. The van der Waals surface area contributed by atoms with Crippen molar-refractivity contribution in [2.24, 2.45) is 0 Å². The minimum Gasteiger partial charge on any atom is -0.451 e. The van der Waals surface area contributed by atoms with Crippen molar-refractivity contribution >= 4 is 35.0 Å². The molecular weight excluding hydrogens is 388 g/mol. The maximum Gasteiger partial charge on any atom is 0.287 e. The third-order valence-corrected chi connectivity index (χ3v) is 4.98. The van der Waals surface area contributed by atoms with Crippen LogP contribution in [0.25, 0.3) is 11.3 Å². The number of nitrogens with zero attached hydrogens (tertiary/aromatic N) is 1. The molecular formula is C19H15ClN2O4S. The van der Waals surface area contributed by atoms with E-state index in [0.717, 1.165) is 10.6 Å². The molecule has 0 aliphatic carbocycles. The van der Waals surface area contributed by atoms with Crippen LogP contribution in [0.3, 0.4) is 0 Å². The zero-order valence-electron chi connectivity index (χ0n) is 14.1. The van der Waals surface area contributed by atoms with Crippen molar-refractivity contribution in [1.82, 2.24) is 5.32 Å². The number of hydrogen-bond acceptors (Lipinski definition) is 5. The molecule has 8 heteroatoms. The molecule has 1 amide bonds. The number of furan rings is 1. The lowest BCUT2D eigenvalue weighted by Gasteiger charge is -2.04. The van der Waals surface area contributed by atoms with Crippen molar-refractivity contribution in [2.45, 2.75) is 4.90 Å². The highest BCUT2D eigenvalue weighted by Gasteiger charge is 2.16. The maximum atomic E-state index is 12.2. The first kappa shape index (κ1) is 19.0. The Bertz CT molecular complexity index is 959. The van der Waals surface area contributed by atoms with Crippen molar-refractivity contribution in [1.29, 1.82) is 0 Å². The number of rotatable bonds is 7.